The van der Waals surface area contributed by atoms with E-state index in [0.717, 1.165) is 19.2 Å². The smallest absolute Gasteiger partial charge is 0.335 e. The second-order valence-electron chi connectivity index (χ2n) is 4.50. The summed E-state index contributed by atoms with van der Waals surface area (Å²) in [6, 6.07) is 2.47. The van der Waals surface area contributed by atoms with Gasteiger partial charge in [0.15, 0.2) is 0 Å². The van der Waals surface area contributed by atoms with E-state index in [1.807, 2.05) is 0 Å². The lowest BCUT2D eigenvalue weighted by Crippen LogP contribution is -2.38. The van der Waals surface area contributed by atoms with Crippen molar-refractivity contribution in [1.29, 1.82) is 0 Å². The zero-order chi connectivity index (χ0) is 16.4. The highest BCUT2D eigenvalue weighted by Gasteiger charge is 2.27. The minimum atomic E-state index is -4.22. The van der Waals surface area contributed by atoms with E-state index in [4.69, 9.17) is 5.11 Å². The summed E-state index contributed by atoms with van der Waals surface area (Å²) < 4.78 is 38.8. The summed E-state index contributed by atoms with van der Waals surface area (Å²) in [5.74, 6) is -3.02. The fourth-order valence-corrected chi connectivity index (χ4v) is 2.59. The maximum atomic E-state index is 13.8. The number of nitrogens with zero attached hydrogens (tertiary/aromatic N) is 2. The Hall–Kier alpha value is -2.00. The summed E-state index contributed by atoms with van der Waals surface area (Å²) >= 11 is 0. The monoisotopic (exact) mass is 318 g/mol. The van der Waals surface area contributed by atoms with Crippen LogP contribution in [0.25, 0.3) is 0 Å². The lowest BCUT2D eigenvalue weighted by atomic mass is 10.2. The van der Waals surface area contributed by atoms with E-state index in [1.165, 1.54) is 19.0 Å². The predicted octanol–water partition coefficient (Wildman–Crippen LogP) is 0.233. The van der Waals surface area contributed by atoms with E-state index >= 15 is 0 Å². The average molecular weight is 318 g/mol. The van der Waals surface area contributed by atoms with Gasteiger partial charge in [0, 0.05) is 21.1 Å². The largest absolute Gasteiger partial charge is 0.478 e. The van der Waals surface area contributed by atoms with Crippen molar-refractivity contribution in [2.24, 2.45) is 0 Å². The second kappa shape index (κ2) is 6.19. The first-order valence-electron chi connectivity index (χ1n) is 5.76. The number of likely N-dealkylation sites (N-methyl/N-ethyl adjacent to an activating group) is 2. The van der Waals surface area contributed by atoms with Gasteiger partial charge in [-0.25, -0.2) is 17.6 Å². The number of hydrogen-bond donors (Lipinski definition) is 1. The number of aromatic carboxylic acids is 1. The molecule has 0 aliphatic rings. The summed E-state index contributed by atoms with van der Waals surface area (Å²) in [4.78, 5) is 22.7. The normalized spacial score (nSPS) is 11.5. The van der Waals surface area contributed by atoms with Gasteiger partial charge in [-0.1, -0.05) is 0 Å². The van der Waals surface area contributed by atoms with Crippen LogP contribution in [0.3, 0.4) is 0 Å². The SMILES string of the molecule is CN(C)C(=O)CN(C)S(=O)(=O)c1ccc(C(=O)O)cc1F. The Kier molecular flexibility index (Phi) is 5.02. The number of hydrogen-bond acceptors (Lipinski definition) is 4. The van der Waals surface area contributed by atoms with Gasteiger partial charge in [-0.3, -0.25) is 4.79 Å². The molecule has 0 fully saturated rings. The number of carbonyl (C=O) groups excluding carboxylic acids is 1. The van der Waals surface area contributed by atoms with Crippen LogP contribution in [0.2, 0.25) is 0 Å². The molecule has 1 aromatic carbocycles. The molecule has 0 aliphatic carbocycles. The Bertz CT molecular complexity index is 672. The molecule has 0 spiro atoms. The highest BCUT2D eigenvalue weighted by atomic mass is 32.2. The third-order valence-corrected chi connectivity index (χ3v) is 4.56. The van der Waals surface area contributed by atoms with Crippen LogP contribution in [0.4, 0.5) is 4.39 Å². The van der Waals surface area contributed by atoms with E-state index in [2.05, 4.69) is 0 Å². The zero-order valence-corrected chi connectivity index (χ0v) is 12.5. The highest BCUT2D eigenvalue weighted by Crippen LogP contribution is 2.19. The minimum absolute atomic E-state index is 0.363. The van der Waals surface area contributed by atoms with Crippen molar-refractivity contribution < 1.29 is 27.5 Å². The van der Waals surface area contributed by atoms with E-state index < -0.39 is 39.2 Å². The second-order valence-corrected chi connectivity index (χ2v) is 6.51. The number of carboxylic acids is 1. The first-order valence-corrected chi connectivity index (χ1v) is 7.20. The topological polar surface area (TPSA) is 95.0 Å². The van der Waals surface area contributed by atoms with Crippen LogP contribution in [0.15, 0.2) is 23.1 Å². The predicted molar refractivity (Wildman–Crippen MR) is 71.9 cm³/mol. The lowest BCUT2D eigenvalue weighted by molar-refractivity contribution is -0.128. The van der Waals surface area contributed by atoms with Crippen molar-refractivity contribution in [3.05, 3.63) is 29.6 Å². The van der Waals surface area contributed by atoms with Crippen LogP contribution in [-0.2, 0) is 14.8 Å². The van der Waals surface area contributed by atoms with Crippen LogP contribution in [0.5, 0.6) is 0 Å². The molecule has 116 valence electrons. The summed E-state index contributed by atoms with van der Waals surface area (Å²) in [5.41, 5.74) is -0.363. The minimum Gasteiger partial charge on any atom is -0.478 e. The van der Waals surface area contributed by atoms with Gasteiger partial charge in [-0.05, 0) is 18.2 Å². The molecule has 1 aromatic rings. The molecule has 0 bridgehead atoms. The number of amides is 1. The van der Waals surface area contributed by atoms with Gasteiger partial charge in [-0.15, -0.1) is 0 Å². The number of benzene rings is 1. The quantitative estimate of drug-likeness (QED) is 0.839. The first-order chi connectivity index (χ1) is 9.57. The van der Waals surface area contributed by atoms with Gasteiger partial charge in [-0.2, -0.15) is 4.31 Å². The molecule has 0 heterocycles. The van der Waals surface area contributed by atoms with Gasteiger partial charge < -0.3 is 10.0 Å². The lowest BCUT2D eigenvalue weighted by Gasteiger charge is -2.19. The molecule has 1 rings (SSSR count). The van der Waals surface area contributed by atoms with Gasteiger partial charge in [0.25, 0.3) is 0 Å². The molecule has 0 atom stereocenters. The number of carboxylic acid groups (broad SMARTS) is 1. The molecule has 0 saturated carbocycles. The highest BCUT2D eigenvalue weighted by molar-refractivity contribution is 7.89. The van der Waals surface area contributed by atoms with E-state index in [-0.39, 0.29) is 5.56 Å². The summed E-state index contributed by atoms with van der Waals surface area (Å²) in [7, 11) is -0.156. The molecule has 0 unspecified atom stereocenters. The molecule has 0 saturated heterocycles. The maximum absolute atomic E-state index is 13.8. The average Bonchev–Trinajstić information content (AvgIpc) is 2.37. The van der Waals surface area contributed by atoms with Crippen molar-refractivity contribution in [3.8, 4) is 0 Å². The van der Waals surface area contributed by atoms with Crippen LogP contribution < -0.4 is 0 Å². The first kappa shape index (κ1) is 17.1. The van der Waals surface area contributed by atoms with E-state index in [1.54, 1.807) is 0 Å². The van der Waals surface area contributed by atoms with Crippen molar-refractivity contribution in [2.75, 3.05) is 27.7 Å². The number of rotatable bonds is 5. The van der Waals surface area contributed by atoms with Gasteiger partial charge >= 0.3 is 5.97 Å². The van der Waals surface area contributed by atoms with Crippen molar-refractivity contribution >= 4 is 21.9 Å². The number of carbonyl (C=O) groups is 2. The third-order valence-electron chi connectivity index (χ3n) is 2.72. The van der Waals surface area contributed by atoms with Crippen LogP contribution in [-0.4, -0.2) is 62.3 Å². The van der Waals surface area contributed by atoms with Crippen LogP contribution >= 0.6 is 0 Å². The summed E-state index contributed by atoms with van der Waals surface area (Å²) in [6.45, 7) is -0.449. The Balaban J connectivity index is 3.13. The van der Waals surface area contributed by atoms with Crippen LogP contribution in [0, 0.1) is 5.82 Å². The number of halogens is 1. The fourth-order valence-electron chi connectivity index (χ4n) is 1.43. The Morgan fingerprint density at radius 3 is 2.24 bits per heavy atom. The van der Waals surface area contributed by atoms with E-state index in [0.29, 0.717) is 10.4 Å². The molecular weight excluding hydrogens is 303 g/mol. The Labute approximate surface area is 121 Å². The van der Waals surface area contributed by atoms with Crippen molar-refractivity contribution in [1.82, 2.24) is 9.21 Å². The molecule has 0 radical (unpaired) electrons. The van der Waals surface area contributed by atoms with Gasteiger partial charge in [0.1, 0.15) is 10.7 Å². The van der Waals surface area contributed by atoms with Crippen molar-refractivity contribution in [3.63, 3.8) is 0 Å². The van der Waals surface area contributed by atoms with Gasteiger partial charge in [0.05, 0.1) is 12.1 Å². The summed E-state index contributed by atoms with van der Waals surface area (Å²) in [5, 5.41) is 8.72. The molecule has 1 N–H and O–H groups in total. The fraction of sp³-hybridized carbons (Fsp3) is 0.333. The van der Waals surface area contributed by atoms with Crippen molar-refractivity contribution in [2.45, 2.75) is 4.90 Å². The standard InChI is InChI=1S/C12H15FN2O5S/c1-14(2)11(16)7-15(3)21(19,20)10-5-4-8(12(17)18)6-9(10)13/h4-6H,7H2,1-3H3,(H,17,18). The Morgan fingerprint density at radius 2 is 1.81 bits per heavy atom. The van der Waals surface area contributed by atoms with Gasteiger partial charge in [0.2, 0.25) is 15.9 Å². The maximum Gasteiger partial charge on any atom is 0.335 e. The molecule has 0 aromatic heterocycles. The molecule has 0 aliphatic heterocycles. The van der Waals surface area contributed by atoms with Crippen LogP contribution in [0.1, 0.15) is 10.4 Å². The molecule has 1 amide bonds. The summed E-state index contributed by atoms with van der Waals surface area (Å²) in [6.07, 6.45) is 0. The molecule has 7 nitrogen and oxygen atoms in total. The zero-order valence-electron chi connectivity index (χ0n) is 11.7. The molecular formula is C12H15FN2O5S. The molecule has 21 heavy (non-hydrogen) atoms. The Morgan fingerprint density at radius 1 is 1.24 bits per heavy atom. The molecule has 9 heteroatoms. The third kappa shape index (κ3) is 3.76. The number of sulfonamides is 1. The van der Waals surface area contributed by atoms with E-state index in [9.17, 15) is 22.4 Å².